The molecule has 3 nitrogen and oxygen atoms in total. The van der Waals surface area contributed by atoms with E-state index in [9.17, 15) is 4.79 Å². The molecule has 3 heteroatoms. The summed E-state index contributed by atoms with van der Waals surface area (Å²) in [6.07, 6.45) is 3.91. The summed E-state index contributed by atoms with van der Waals surface area (Å²) in [7, 11) is 0. The highest BCUT2D eigenvalue weighted by molar-refractivity contribution is 5.75. The molecule has 0 aromatic heterocycles. The monoisotopic (exact) mass is 286 g/mol. The zero-order chi connectivity index (χ0) is 16.0. The molecule has 0 bridgehead atoms. The van der Waals surface area contributed by atoms with Gasteiger partial charge < -0.3 is 9.84 Å². The van der Waals surface area contributed by atoms with Gasteiger partial charge in [0.2, 0.25) is 0 Å². The molecule has 1 atom stereocenters. The number of aliphatic carboxylic acids is 1. The van der Waals surface area contributed by atoms with E-state index in [1.54, 1.807) is 0 Å². The third kappa shape index (κ3) is 5.08. The Labute approximate surface area is 125 Å². The molecule has 1 fully saturated rings. The molecular formula is C17H34O3. The van der Waals surface area contributed by atoms with E-state index in [0.717, 1.165) is 19.1 Å². The minimum absolute atomic E-state index is 0.148. The summed E-state index contributed by atoms with van der Waals surface area (Å²) in [4.78, 5) is 11.1. The molecule has 0 aliphatic carbocycles. The average Bonchev–Trinajstić information content (AvgIpc) is 2.37. The molecular weight excluding hydrogens is 252 g/mol. The van der Waals surface area contributed by atoms with Crippen molar-refractivity contribution < 1.29 is 14.6 Å². The fourth-order valence-electron chi connectivity index (χ4n) is 2.59. The first-order chi connectivity index (χ1) is 9.07. The Bertz CT molecular complexity index is 285. The number of hydrogen-bond acceptors (Lipinski definition) is 2. The Morgan fingerprint density at radius 1 is 1.20 bits per heavy atom. The van der Waals surface area contributed by atoms with Crippen LogP contribution in [0.3, 0.4) is 0 Å². The third-order valence-electron chi connectivity index (χ3n) is 5.08. The molecule has 1 aliphatic heterocycles. The Balaban J connectivity index is 0.000000388. The van der Waals surface area contributed by atoms with Crippen LogP contribution in [-0.2, 0) is 9.53 Å². The topological polar surface area (TPSA) is 46.5 Å². The first-order valence-corrected chi connectivity index (χ1v) is 7.88. The Kier molecular flexibility index (Phi) is 7.79. The normalized spacial score (nSPS) is 20.0. The first kappa shape index (κ1) is 19.4. The predicted octanol–water partition coefficient (Wildman–Crippen LogP) is 4.60. The van der Waals surface area contributed by atoms with Crippen LogP contribution in [0.2, 0.25) is 0 Å². The largest absolute Gasteiger partial charge is 0.481 e. The van der Waals surface area contributed by atoms with Crippen molar-refractivity contribution in [2.24, 2.45) is 22.7 Å². The molecule has 1 heterocycles. The smallest absolute Gasteiger partial charge is 0.310 e. The molecule has 0 radical (unpaired) electrons. The molecule has 1 unspecified atom stereocenters. The maximum absolute atomic E-state index is 11.1. The molecule has 0 amide bonds. The van der Waals surface area contributed by atoms with E-state index in [1.165, 1.54) is 19.3 Å². The Hall–Kier alpha value is -0.570. The summed E-state index contributed by atoms with van der Waals surface area (Å²) in [6, 6.07) is 0. The van der Waals surface area contributed by atoms with Crippen LogP contribution in [0.5, 0.6) is 0 Å². The van der Waals surface area contributed by atoms with E-state index in [0.29, 0.717) is 0 Å². The van der Waals surface area contributed by atoms with Gasteiger partial charge in [-0.05, 0) is 37.0 Å². The molecule has 1 rings (SSSR count). The van der Waals surface area contributed by atoms with Gasteiger partial charge in [-0.25, -0.2) is 0 Å². The average molecular weight is 286 g/mol. The van der Waals surface area contributed by atoms with Crippen LogP contribution in [-0.4, -0.2) is 24.3 Å². The zero-order valence-corrected chi connectivity index (χ0v) is 14.5. The number of carbonyl (C=O) groups is 1. The van der Waals surface area contributed by atoms with Gasteiger partial charge in [-0.15, -0.1) is 0 Å². The second-order valence-electron chi connectivity index (χ2n) is 7.38. The Morgan fingerprint density at radius 2 is 1.65 bits per heavy atom. The standard InChI is InChI=1S/C10H20O2.C7H14O/c1-7(2)10(6,8(11)12)9(3,4)5;1-2-7-3-5-8-6-4-7/h7H,1-6H3,(H,11,12);7H,2-6H2,1H3. The predicted molar refractivity (Wildman–Crippen MR) is 83.9 cm³/mol. The van der Waals surface area contributed by atoms with E-state index < -0.39 is 11.4 Å². The summed E-state index contributed by atoms with van der Waals surface area (Å²) in [5.74, 6) is 0.406. The van der Waals surface area contributed by atoms with E-state index in [4.69, 9.17) is 9.84 Å². The van der Waals surface area contributed by atoms with Gasteiger partial charge in [0.05, 0.1) is 5.41 Å². The lowest BCUT2D eigenvalue weighted by Gasteiger charge is -2.41. The molecule has 0 aromatic rings. The van der Waals surface area contributed by atoms with Crippen molar-refractivity contribution in [3.63, 3.8) is 0 Å². The van der Waals surface area contributed by atoms with E-state index in [-0.39, 0.29) is 11.3 Å². The fourth-order valence-corrected chi connectivity index (χ4v) is 2.59. The van der Waals surface area contributed by atoms with Crippen molar-refractivity contribution in [2.45, 2.75) is 67.7 Å². The van der Waals surface area contributed by atoms with Crippen LogP contribution >= 0.6 is 0 Å². The third-order valence-corrected chi connectivity index (χ3v) is 5.08. The molecule has 0 aromatic carbocycles. The second-order valence-corrected chi connectivity index (χ2v) is 7.38. The lowest BCUT2D eigenvalue weighted by molar-refractivity contribution is -0.158. The number of ether oxygens (including phenoxy) is 1. The van der Waals surface area contributed by atoms with Crippen LogP contribution in [0, 0.1) is 22.7 Å². The number of carboxylic acids is 1. The van der Waals surface area contributed by atoms with E-state index >= 15 is 0 Å². The quantitative estimate of drug-likeness (QED) is 0.824. The van der Waals surface area contributed by atoms with Gasteiger partial charge in [-0.1, -0.05) is 48.0 Å². The summed E-state index contributed by atoms with van der Waals surface area (Å²) >= 11 is 0. The van der Waals surface area contributed by atoms with Crippen molar-refractivity contribution in [1.82, 2.24) is 0 Å². The number of hydrogen-bond donors (Lipinski definition) is 1. The highest BCUT2D eigenvalue weighted by Crippen LogP contribution is 2.44. The molecule has 1 saturated heterocycles. The lowest BCUT2D eigenvalue weighted by Crippen LogP contribution is -2.44. The van der Waals surface area contributed by atoms with E-state index in [1.807, 2.05) is 41.5 Å². The van der Waals surface area contributed by atoms with Gasteiger partial charge in [-0.3, -0.25) is 4.79 Å². The van der Waals surface area contributed by atoms with E-state index in [2.05, 4.69) is 6.92 Å². The van der Waals surface area contributed by atoms with Crippen molar-refractivity contribution >= 4 is 5.97 Å². The molecule has 20 heavy (non-hydrogen) atoms. The van der Waals surface area contributed by atoms with Crippen molar-refractivity contribution in [3.05, 3.63) is 0 Å². The van der Waals surface area contributed by atoms with Crippen molar-refractivity contribution in [1.29, 1.82) is 0 Å². The number of rotatable bonds is 3. The molecule has 1 N–H and O–H groups in total. The fraction of sp³-hybridized carbons (Fsp3) is 0.941. The summed E-state index contributed by atoms with van der Waals surface area (Å²) < 4.78 is 5.20. The summed E-state index contributed by atoms with van der Waals surface area (Å²) in [5.41, 5.74) is -0.847. The summed E-state index contributed by atoms with van der Waals surface area (Å²) in [5, 5.41) is 9.14. The van der Waals surface area contributed by atoms with Crippen LogP contribution in [0.15, 0.2) is 0 Å². The molecule has 1 aliphatic rings. The minimum atomic E-state index is -0.704. The van der Waals surface area contributed by atoms with Gasteiger partial charge in [0.1, 0.15) is 0 Å². The van der Waals surface area contributed by atoms with Gasteiger partial charge in [0.15, 0.2) is 0 Å². The lowest BCUT2D eigenvalue weighted by atomic mass is 9.62. The van der Waals surface area contributed by atoms with Crippen LogP contribution < -0.4 is 0 Å². The van der Waals surface area contributed by atoms with Gasteiger partial charge in [-0.2, -0.15) is 0 Å². The van der Waals surface area contributed by atoms with Gasteiger partial charge in [0, 0.05) is 13.2 Å². The molecule has 0 spiro atoms. The minimum Gasteiger partial charge on any atom is -0.481 e. The highest BCUT2D eigenvalue weighted by Gasteiger charge is 2.46. The zero-order valence-electron chi connectivity index (χ0n) is 14.5. The van der Waals surface area contributed by atoms with Crippen molar-refractivity contribution in [2.75, 3.05) is 13.2 Å². The van der Waals surface area contributed by atoms with Gasteiger partial charge >= 0.3 is 5.97 Å². The number of carboxylic acid groups (broad SMARTS) is 1. The summed E-state index contributed by atoms with van der Waals surface area (Å²) in [6.45, 7) is 15.9. The van der Waals surface area contributed by atoms with Crippen LogP contribution in [0.4, 0.5) is 0 Å². The Morgan fingerprint density at radius 3 is 1.80 bits per heavy atom. The van der Waals surface area contributed by atoms with Crippen LogP contribution in [0.1, 0.15) is 67.7 Å². The van der Waals surface area contributed by atoms with Gasteiger partial charge in [0.25, 0.3) is 0 Å². The SMILES string of the molecule is CC(C)C(C)(C(=O)O)C(C)(C)C.CCC1CCOCC1. The van der Waals surface area contributed by atoms with Crippen LogP contribution in [0.25, 0.3) is 0 Å². The van der Waals surface area contributed by atoms with Crippen molar-refractivity contribution in [3.8, 4) is 0 Å². The first-order valence-electron chi connectivity index (χ1n) is 7.88. The molecule has 120 valence electrons. The highest BCUT2D eigenvalue weighted by atomic mass is 16.5. The maximum atomic E-state index is 11.1. The maximum Gasteiger partial charge on any atom is 0.310 e. The molecule has 0 saturated carbocycles. The second kappa shape index (κ2) is 8.02.